The molecule has 1 fully saturated rings. The summed E-state index contributed by atoms with van der Waals surface area (Å²) >= 11 is 0. The maximum absolute atomic E-state index is 9.57. The van der Waals surface area contributed by atoms with Gasteiger partial charge in [0.25, 0.3) is 0 Å². The Balaban J connectivity index is 1.93. The average molecular weight is 239 g/mol. The Kier molecular flexibility index (Phi) is 3.83. The monoisotopic (exact) mass is 239 g/mol. The first-order valence-corrected chi connectivity index (χ1v) is 5.58. The lowest BCUT2D eigenvalue weighted by Crippen LogP contribution is -2.25. The summed E-state index contributed by atoms with van der Waals surface area (Å²) in [6, 6.07) is 7.44. The highest BCUT2D eigenvalue weighted by Gasteiger charge is 2.33. The lowest BCUT2D eigenvalue weighted by atomic mass is 10.2. The Morgan fingerprint density at radius 1 is 1.41 bits per heavy atom. The molecule has 0 aliphatic carbocycles. The van der Waals surface area contributed by atoms with E-state index in [1.54, 1.807) is 7.11 Å². The molecule has 5 nitrogen and oxygen atoms in total. The van der Waals surface area contributed by atoms with E-state index in [0.29, 0.717) is 6.42 Å². The molecule has 3 atom stereocenters. The van der Waals surface area contributed by atoms with Crippen molar-refractivity contribution in [3.05, 3.63) is 24.3 Å². The Morgan fingerprint density at radius 2 is 2.12 bits per heavy atom. The van der Waals surface area contributed by atoms with Crippen LogP contribution in [0.3, 0.4) is 0 Å². The topological polar surface area (TPSA) is 71.0 Å². The Hall–Kier alpha value is -1.30. The molecule has 2 rings (SSSR count). The van der Waals surface area contributed by atoms with Gasteiger partial charge in [-0.1, -0.05) is 0 Å². The third kappa shape index (κ3) is 2.88. The molecule has 0 amide bonds. The van der Waals surface area contributed by atoms with Gasteiger partial charge in [0.05, 0.1) is 19.8 Å². The van der Waals surface area contributed by atoms with E-state index < -0.39 is 12.2 Å². The summed E-state index contributed by atoms with van der Waals surface area (Å²) in [5, 5.41) is 21.7. The number of hydrogen-bond donors (Lipinski definition) is 3. The van der Waals surface area contributed by atoms with Gasteiger partial charge < -0.3 is 25.0 Å². The van der Waals surface area contributed by atoms with E-state index in [9.17, 15) is 5.11 Å². The third-order valence-electron chi connectivity index (χ3n) is 2.82. The molecular formula is C12H17NO4. The van der Waals surface area contributed by atoms with Crippen LogP contribution in [0.4, 0.5) is 5.69 Å². The minimum Gasteiger partial charge on any atom is -0.497 e. The minimum atomic E-state index is -0.615. The highest BCUT2D eigenvalue weighted by atomic mass is 16.5. The van der Waals surface area contributed by atoms with Crippen LogP contribution in [-0.2, 0) is 4.74 Å². The van der Waals surface area contributed by atoms with Gasteiger partial charge >= 0.3 is 0 Å². The second-order valence-electron chi connectivity index (χ2n) is 4.02. The summed E-state index contributed by atoms with van der Waals surface area (Å²) in [6.07, 6.45) is -0.908. The number of aliphatic hydroxyl groups is 2. The second kappa shape index (κ2) is 5.35. The molecule has 5 heteroatoms. The van der Waals surface area contributed by atoms with Crippen LogP contribution in [-0.4, -0.2) is 42.4 Å². The second-order valence-corrected chi connectivity index (χ2v) is 4.02. The lowest BCUT2D eigenvalue weighted by molar-refractivity contribution is -0.0149. The molecule has 94 valence electrons. The van der Waals surface area contributed by atoms with Crippen molar-refractivity contribution in [3.63, 3.8) is 0 Å². The van der Waals surface area contributed by atoms with Crippen LogP contribution in [0.2, 0.25) is 0 Å². The van der Waals surface area contributed by atoms with Crippen molar-refractivity contribution in [1.29, 1.82) is 0 Å². The van der Waals surface area contributed by atoms with Gasteiger partial charge in [0.15, 0.2) is 0 Å². The molecule has 0 radical (unpaired) electrons. The van der Waals surface area contributed by atoms with Crippen LogP contribution >= 0.6 is 0 Å². The fourth-order valence-corrected chi connectivity index (χ4v) is 1.86. The van der Waals surface area contributed by atoms with E-state index in [-0.39, 0.29) is 12.8 Å². The predicted octanol–water partition coefficient (Wildman–Crippen LogP) is 0.575. The van der Waals surface area contributed by atoms with Gasteiger partial charge in [0, 0.05) is 12.1 Å². The van der Waals surface area contributed by atoms with E-state index in [1.807, 2.05) is 24.3 Å². The van der Waals surface area contributed by atoms with Crippen LogP contribution in [0, 0.1) is 0 Å². The molecule has 0 unspecified atom stereocenters. The number of hydrogen-bond acceptors (Lipinski definition) is 5. The van der Waals surface area contributed by atoms with Crippen molar-refractivity contribution >= 4 is 5.69 Å². The molecule has 0 saturated carbocycles. The van der Waals surface area contributed by atoms with Crippen molar-refractivity contribution in [2.24, 2.45) is 0 Å². The van der Waals surface area contributed by atoms with Crippen molar-refractivity contribution in [2.75, 3.05) is 19.0 Å². The smallest absolute Gasteiger partial charge is 0.130 e. The highest BCUT2D eigenvalue weighted by Crippen LogP contribution is 2.23. The van der Waals surface area contributed by atoms with Crippen LogP contribution in [0.1, 0.15) is 6.42 Å². The van der Waals surface area contributed by atoms with E-state index in [0.717, 1.165) is 11.4 Å². The van der Waals surface area contributed by atoms with Crippen molar-refractivity contribution in [3.8, 4) is 5.75 Å². The molecule has 1 heterocycles. The number of rotatable bonds is 4. The summed E-state index contributed by atoms with van der Waals surface area (Å²) < 4.78 is 10.5. The molecule has 0 bridgehead atoms. The average Bonchev–Trinajstić information content (AvgIpc) is 2.70. The molecule has 3 N–H and O–H groups in total. The van der Waals surface area contributed by atoms with Gasteiger partial charge in [-0.05, 0) is 24.3 Å². The van der Waals surface area contributed by atoms with Gasteiger partial charge in [-0.3, -0.25) is 0 Å². The fourth-order valence-electron chi connectivity index (χ4n) is 1.86. The molecule has 1 aliphatic rings. The first kappa shape index (κ1) is 12.2. The standard InChI is InChI=1S/C12H17NO4/c1-16-9-4-2-8(3-5-9)13-12-6-10(15)11(7-14)17-12/h2-5,10-15H,6-7H2,1H3/t10-,11-,12-/m0/s1. The molecule has 0 aromatic heterocycles. The third-order valence-corrected chi connectivity index (χ3v) is 2.82. The SMILES string of the molecule is COc1ccc(N[C@@H]2C[C@H](O)[C@H](CO)O2)cc1. The summed E-state index contributed by atoms with van der Waals surface area (Å²) in [7, 11) is 1.62. The first-order chi connectivity index (χ1) is 8.22. The highest BCUT2D eigenvalue weighted by molar-refractivity contribution is 5.46. The fraction of sp³-hybridized carbons (Fsp3) is 0.500. The first-order valence-electron chi connectivity index (χ1n) is 5.58. The molecule has 1 saturated heterocycles. The largest absolute Gasteiger partial charge is 0.497 e. The Labute approximate surface area is 100.0 Å². The van der Waals surface area contributed by atoms with Gasteiger partial charge in [-0.15, -0.1) is 0 Å². The number of methoxy groups -OCH3 is 1. The predicted molar refractivity (Wildman–Crippen MR) is 63.0 cm³/mol. The number of anilines is 1. The quantitative estimate of drug-likeness (QED) is 0.716. The number of benzene rings is 1. The van der Waals surface area contributed by atoms with E-state index in [1.165, 1.54) is 0 Å². The van der Waals surface area contributed by atoms with Crippen molar-refractivity contribution in [2.45, 2.75) is 24.9 Å². The van der Waals surface area contributed by atoms with Gasteiger partial charge in [0.1, 0.15) is 18.1 Å². The molecular weight excluding hydrogens is 222 g/mol. The number of nitrogens with one attached hydrogen (secondary N) is 1. The van der Waals surface area contributed by atoms with Crippen molar-refractivity contribution in [1.82, 2.24) is 0 Å². The van der Waals surface area contributed by atoms with E-state index in [2.05, 4.69) is 5.32 Å². The van der Waals surface area contributed by atoms with Gasteiger partial charge in [-0.25, -0.2) is 0 Å². The molecule has 0 spiro atoms. The Bertz CT molecular complexity index is 354. The maximum Gasteiger partial charge on any atom is 0.130 e. The number of ether oxygens (including phenoxy) is 2. The van der Waals surface area contributed by atoms with Crippen LogP contribution in [0.25, 0.3) is 0 Å². The minimum absolute atomic E-state index is 0.165. The van der Waals surface area contributed by atoms with Gasteiger partial charge in [0.2, 0.25) is 0 Å². The molecule has 1 aromatic carbocycles. The zero-order chi connectivity index (χ0) is 12.3. The Morgan fingerprint density at radius 3 is 2.65 bits per heavy atom. The van der Waals surface area contributed by atoms with Crippen LogP contribution in [0.15, 0.2) is 24.3 Å². The van der Waals surface area contributed by atoms with Crippen LogP contribution in [0.5, 0.6) is 5.75 Å². The molecule has 1 aliphatic heterocycles. The zero-order valence-corrected chi connectivity index (χ0v) is 9.67. The summed E-state index contributed by atoms with van der Waals surface area (Å²) in [5.74, 6) is 0.788. The van der Waals surface area contributed by atoms with Gasteiger partial charge in [-0.2, -0.15) is 0 Å². The maximum atomic E-state index is 9.57. The lowest BCUT2D eigenvalue weighted by Gasteiger charge is -2.15. The number of aliphatic hydroxyl groups excluding tert-OH is 2. The van der Waals surface area contributed by atoms with Crippen LogP contribution < -0.4 is 10.1 Å². The summed E-state index contributed by atoms with van der Waals surface area (Å²) in [6.45, 7) is -0.165. The summed E-state index contributed by atoms with van der Waals surface area (Å²) in [4.78, 5) is 0. The zero-order valence-electron chi connectivity index (χ0n) is 9.67. The van der Waals surface area contributed by atoms with Crippen molar-refractivity contribution < 1.29 is 19.7 Å². The normalized spacial score (nSPS) is 28.1. The molecule has 17 heavy (non-hydrogen) atoms. The van der Waals surface area contributed by atoms with E-state index in [4.69, 9.17) is 14.6 Å². The molecule has 1 aromatic rings. The van der Waals surface area contributed by atoms with E-state index >= 15 is 0 Å². The summed E-state index contributed by atoms with van der Waals surface area (Å²) in [5.41, 5.74) is 0.890.